The first-order valence-electron chi connectivity index (χ1n) is 8.15. The van der Waals surface area contributed by atoms with E-state index >= 15 is 0 Å². The maximum atomic E-state index is 12.7. The van der Waals surface area contributed by atoms with Crippen molar-refractivity contribution < 1.29 is 4.79 Å². The maximum Gasteiger partial charge on any atom is 0.247 e. The van der Waals surface area contributed by atoms with Crippen molar-refractivity contribution in [1.29, 1.82) is 0 Å². The Bertz CT molecular complexity index is 860. The number of amides is 1. The quantitative estimate of drug-likeness (QED) is 0.805. The third-order valence-electron chi connectivity index (χ3n) is 4.39. The molecule has 1 aliphatic rings. The van der Waals surface area contributed by atoms with Gasteiger partial charge in [-0.15, -0.1) is 0 Å². The van der Waals surface area contributed by atoms with Crippen LogP contribution in [0.3, 0.4) is 0 Å². The Kier molecular flexibility index (Phi) is 3.83. The Balaban J connectivity index is 1.64. The highest BCUT2D eigenvalue weighted by atomic mass is 16.2. The highest BCUT2D eigenvalue weighted by molar-refractivity contribution is 5.99. The lowest BCUT2D eigenvalue weighted by Gasteiger charge is -2.25. The zero-order valence-corrected chi connectivity index (χ0v) is 13.2. The van der Waals surface area contributed by atoms with Gasteiger partial charge in [-0.3, -0.25) is 4.79 Å². The summed E-state index contributed by atoms with van der Waals surface area (Å²) >= 11 is 0. The van der Waals surface area contributed by atoms with Crippen LogP contribution in [-0.2, 0) is 4.79 Å². The number of carbonyl (C=O) groups excluding carboxylic acids is 1. The molecule has 120 valence electrons. The number of aromatic nitrogens is 2. The number of benzene rings is 2. The number of fused-ring (bicyclic) bond motifs is 1. The molecule has 1 N–H and O–H groups in total. The predicted molar refractivity (Wildman–Crippen MR) is 95.0 cm³/mol. The van der Waals surface area contributed by atoms with Gasteiger partial charge in [-0.1, -0.05) is 30.3 Å². The lowest BCUT2D eigenvalue weighted by molar-refractivity contribution is -0.117. The fraction of sp³-hybridized carbons (Fsp3) is 0.211. The molecule has 5 heteroatoms. The molecule has 1 saturated heterocycles. The zero-order chi connectivity index (χ0) is 16.4. The molecule has 2 aromatic carbocycles. The summed E-state index contributed by atoms with van der Waals surface area (Å²) in [7, 11) is 0. The third kappa shape index (κ3) is 2.69. The smallest absolute Gasteiger partial charge is 0.247 e. The van der Waals surface area contributed by atoms with E-state index in [0.717, 1.165) is 41.8 Å². The monoisotopic (exact) mass is 318 g/mol. The standard InChI is InChI=1S/C19H18N4O/c24-19(22-14-7-2-1-3-8-14)17-11-6-12-23(17)18-15-9-4-5-10-16(15)20-13-21-18/h1-5,7-10,13,17H,6,11-12H2,(H,22,24). The van der Waals surface area contributed by atoms with Gasteiger partial charge in [0.05, 0.1) is 5.52 Å². The zero-order valence-electron chi connectivity index (χ0n) is 13.2. The molecule has 0 radical (unpaired) electrons. The minimum Gasteiger partial charge on any atom is -0.344 e. The van der Waals surface area contributed by atoms with Gasteiger partial charge in [0.25, 0.3) is 0 Å². The summed E-state index contributed by atoms with van der Waals surface area (Å²) in [6, 6.07) is 17.3. The van der Waals surface area contributed by atoms with E-state index in [-0.39, 0.29) is 11.9 Å². The molecule has 1 aliphatic heterocycles. The molecule has 5 nitrogen and oxygen atoms in total. The van der Waals surface area contributed by atoms with Crippen LogP contribution in [0.25, 0.3) is 10.9 Å². The molecular formula is C19H18N4O. The molecule has 1 atom stereocenters. The van der Waals surface area contributed by atoms with Crippen LogP contribution in [0.2, 0.25) is 0 Å². The maximum absolute atomic E-state index is 12.7. The largest absolute Gasteiger partial charge is 0.344 e. The summed E-state index contributed by atoms with van der Waals surface area (Å²) in [6.45, 7) is 0.827. The van der Waals surface area contributed by atoms with Crippen molar-refractivity contribution in [3.8, 4) is 0 Å². The number of para-hydroxylation sites is 2. The number of hydrogen-bond donors (Lipinski definition) is 1. The number of nitrogens with one attached hydrogen (secondary N) is 1. The van der Waals surface area contributed by atoms with E-state index in [1.165, 1.54) is 0 Å². The van der Waals surface area contributed by atoms with E-state index < -0.39 is 0 Å². The van der Waals surface area contributed by atoms with Crippen molar-refractivity contribution in [1.82, 2.24) is 9.97 Å². The molecule has 0 saturated carbocycles. The van der Waals surface area contributed by atoms with Gasteiger partial charge in [-0.05, 0) is 37.1 Å². The van der Waals surface area contributed by atoms with Gasteiger partial charge >= 0.3 is 0 Å². The minimum atomic E-state index is -0.205. The van der Waals surface area contributed by atoms with Crippen LogP contribution in [-0.4, -0.2) is 28.5 Å². The Labute approximate surface area is 140 Å². The predicted octanol–water partition coefficient (Wildman–Crippen LogP) is 3.24. The molecule has 1 fully saturated rings. The van der Waals surface area contributed by atoms with Crippen molar-refractivity contribution >= 4 is 28.3 Å². The summed E-state index contributed by atoms with van der Waals surface area (Å²) < 4.78 is 0. The van der Waals surface area contributed by atoms with Crippen molar-refractivity contribution in [3.63, 3.8) is 0 Å². The lowest BCUT2D eigenvalue weighted by Crippen LogP contribution is -2.40. The van der Waals surface area contributed by atoms with Gasteiger partial charge in [-0.25, -0.2) is 9.97 Å². The first-order chi connectivity index (χ1) is 11.8. The Hall–Kier alpha value is -2.95. The van der Waals surface area contributed by atoms with Gasteiger partial charge in [0, 0.05) is 17.6 Å². The van der Waals surface area contributed by atoms with Crippen LogP contribution >= 0.6 is 0 Å². The van der Waals surface area contributed by atoms with Gasteiger partial charge in [0.1, 0.15) is 18.2 Å². The van der Waals surface area contributed by atoms with E-state index in [9.17, 15) is 4.79 Å². The fourth-order valence-corrected chi connectivity index (χ4v) is 3.26. The highest BCUT2D eigenvalue weighted by Gasteiger charge is 2.32. The number of anilines is 2. The molecule has 3 aromatic rings. The summed E-state index contributed by atoms with van der Waals surface area (Å²) in [5.74, 6) is 0.854. The summed E-state index contributed by atoms with van der Waals surface area (Å²) in [5, 5.41) is 3.99. The Morgan fingerprint density at radius 1 is 1.04 bits per heavy atom. The fourth-order valence-electron chi connectivity index (χ4n) is 3.26. The van der Waals surface area contributed by atoms with Crippen LogP contribution < -0.4 is 10.2 Å². The van der Waals surface area contributed by atoms with Gasteiger partial charge in [0.15, 0.2) is 0 Å². The van der Waals surface area contributed by atoms with Gasteiger partial charge < -0.3 is 10.2 Å². The molecule has 1 unspecified atom stereocenters. The molecule has 2 heterocycles. The van der Waals surface area contributed by atoms with Crippen LogP contribution in [0.1, 0.15) is 12.8 Å². The number of hydrogen-bond acceptors (Lipinski definition) is 4. The van der Waals surface area contributed by atoms with Crippen molar-refractivity contribution in [2.75, 3.05) is 16.8 Å². The SMILES string of the molecule is O=C(Nc1ccccc1)C1CCCN1c1ncnc2ccccc12. The van der Waals surface area contributed by atoms with E-state index in [1.54, 1.807) is 6.33 Å². The second-order valence-corrected chi connectivity index (χ2v) is 5.92. The average Bonchev–Trinajstić information content (AvgIpc) is 3.12. The molecule has 1 aromatic heterocycles. The highest BCUT2D eigenvalue weighted by Crippen LogP contribution is 2.29. The van der Waals surface area contributed by atoms with Crippen molar-refractivity contribution in [3.05, 3.63) is 60.9 Å². The lowest BCUT2D eigenvalue weighted by atomic mass is 10.1. The van der Waals surface area contributed by atoms with Crippen molar-refractivity contribution in [2.24, 2.45) is 0 Å². The third-order valence-corrected chi connectivity index (χ3v) is 4.39. The molecule has 1 amide bonds. The molecule has 4 rings (SSSR count). The van der Waals surface area contributed by atoms with E-state index in [1.807, 2.05) is 54.6 Å². The van der Waals surface area contributed by atoms with Crippen LogP contribution in [0.15, 0.2) is 60.9 Å². The number of nitrogens with zero attached hydrogens (tertiary/aromatic N) is 3. The van der Waals surface area contributed by atoms with Gasteiger partial charge in [-0.2, -0.15) is 0 Å². The minimum absolute atomic E-state index is 0.0152. The van der Waals surface area contributed by atoms with Crippen LogP contribution in [0.5, 0.6) is 0 Å². The average molecular weight is 318 g/mol. The molecule has 24 heavy (non-hydrogen) atoms. The van der Waals surface area contributed by atoms with Crippen molar-refractivity contribution in [2.45, 2.75) is 18.9 Å². The first-order valence-corrected chi connectivity index (χ1v) is 8.15. The van der Waals surface area contributed by atoms with Gasteiger partial charge in [0.2, 0.25) is 5.91 Å². The molecule has 0 aliphatic carbocycles. The molecule has 0 bridgehead atoms. The normalized spacial score (nSPS) is 17.2. The Morgan fingerprint density at radius 2 is 1.83 bits per heavy atom. The van der Waals surface area contributed by atoms with E-state index in [0.29, 0.717) is 0 Å². The second-order valence-electron chi connectivity index (χ2n) is 5.92. The Morgan fingerprint density at radius 3 is 2.71 bits per heavy atom. The van der Waals surface area contributed by atoms with E-state index in [4.69, 9.17) is 0 Å². The van der Waals surface area contributed by atoms with Crippen LogP contribution in [0.4, 0.5) is 11.5 Å². The summed E-state index contributed by atoms with van der Waals surface area (Å²) in [4.78, 5) is 23.6. The number of rotatable bonds is 3. The second kappa shape index (κ2) is 6.28. The first kappa shape index (κ1) is 14.6. The topological polar surface area (TPSA) is 58.1 Å². The van der Waals surface area contributed by atoms with E-state index in [2.05, 4.69) is 20.2 Å². The summed E-state index contributed by atoms with van der Waals surface area (Å²) in [5.41, 5.74) is 1.72. The molecule has 0 spiro atoms. The number of carbonyl (C=O) groups is 1. The molecular weight excluding hydrogens is 300 g/mol. The van der Waals surface area contributed by atoms with Crippen LogP contribution in [0, 0.1) is 0 Å². The summed E-state index contributed by atoms with van der Waals surface area (Å²) in [6.07, 6.45) is 3.38.